The predicted octanol–water partition coefficient (Wildman–Crippen LogP) is 2.48. The van der Waals surface area contributed by atoms with Crippen molar-refractivity contribution < 1.29 is 24.4 Å². The first kappa shape index (κ1) is 23.8. The molecule has 0 aliphatic carbocycles. The number of hydrogen-bond donors (Lipinski definition) is 2. The molecule has 4 rings (SSSR count). The van der Waals surface area contributed by atoms with Crippen LogP contribution in [0.4, 0.5) is 5.69 Å². The fraction of sp³-hybridized carbons (Fsp3) is 0.538. The Morgan fingerprint density at radius 1 is 0.970 bits per heavy atom. The lowest BCUT2D eigenvalue weighted by Crippen LogP contribution is -2.55. The zero-order valence-electron chi connectivity index (χ0n) is 19.7. The van der Waals surface area contributed by atoms with Crippen LogP contribution in [0.1, 0.15) is 18.4 Å². The van der Waals surface area contributed by atoms with Crippen LogP contribution >= 0.6 is 0 Å². The van der Waals surface area contributed by atoms with Crippen molar-refractivity contribution in [2.45, 2.75) is 31.0 Å². The topological polar surface area (TPSA) is 74.6 Å². The summed E-state index contributed by atoms with van der Waals surface area (Å²) in [5.41, 5.74) is 0.304. The molecule has 0 bridgehead atoms. The van der Waals surface area contributed by atoms with Gasteiger partial charge in [0, 0.05) is 44.5 Å². The Bertz CT molecular complexity index is 915. The van der Waals surface area contributed by atoms with Gasteiger partial charge >= 0.3 is 0 Å². The molecule has 2 aromatic carbocycles. The number of methoxy groups -OCH3 is 1. The third-order valence-corrected chi connectivity index (χ3v) is 6.57. The molecule has 2 fully saturated rings. The van der Waals surface area contributed by atoms with Crippen LogP contribution in [0.15, 0.2) is 48.5 Å². The third-order valence-electron chi connectivity index (χ3n) is 6.57. The van der Waals surface area contributed by atoms with Gasteiger partial charge in [0.1, 0.15) is 23.7 Å². The van der Waals surface area contributed by atoms with Crippen LogP contribution in [0.5, 0.6) is 11.5 Å². The van der Waals surface area contributed by atoms with E-state index in [1.807, 2.05) is 49.4 Å². The van der Waals surface area contributed by atoms with Gasteiger partial charge in [-0.25, -0.2) is 0 Å². The normalized spacial score (nSPS) is 23.7. The summed E-state index contributed by atoms with van der Waals surface area (Å²) in [5.74, 6) is 1.58. The van der Waals surface area contributed by atoms with E-state index in [2.05, 4.69) is 15.9 Å². The lowest BCUT2D eigenvalue weighted by Gasteiger charge is -2.42. The predicted molar refractivity (Wildman–Crippen MR) is 128 cm³/mol. The maximum atomic E-state index is 11.3. The molecule has 2 aliphatic heterocycles. The zero-order valence-corrected chi connectivity index (χ0v) is 19.7. The van der Waals surface area contributed by atoms with Crippen LogP contribution in [0, 0.1) is 6.92 Å². The number of β-amino-alcohol motifs (C(OH)–C–C–N with tert-alkyl or cyclic N) is 2. The number of piperidine rings is 1. The van der Waals surface area contributed by atoms with Crippen LogP contribution in [-0.4, -0.2) is 86.0 Å². The minimum absolute atomic E-state index is 0.148. The van der Waals surface area contributed by atoms with E-state index in [4.69, 9.17) is 14.2 Å². The molecular weight excluding hydrogens is 420 g/mol. The van der Waals surface area contributed by atoms with Gasteiger partial charge in [0.25, 0.3) is 0 Å². The third kappa shape index (κ3) is 6.38. The maximum absolute atomic E-state index is 11.3. The number of anilines is 1. The number of aryl methyl sites for hydroxylation is 1. The van der Waals surface area contributed by atoms with Crippen LogP contribution in [0.25, 0.3) is 0 Å². The summed E-state index contributed by atoms with van der Waals surface area (Å²) in [5, 5.41) is 22.6. The van der Waals surface area contributed by atoms with Gasteiger partial charge in [-0.2, -0.15) is 0 Å². The summed E-state index contributed by atoms with van der Waals surface area (Å²) in [6, 6.07) is 15.8. The Labute approximate surface area is 196 Å². The van der Waals surface area contributed by atoms with E-state index in [0.717, 1.165) is 35.8 Å². The number of benzene rings is 2. The van der Waals surface area contributed by atoms with E-state index in [1.165, 1.54) is 0 Å². The van der Waals surface area contributed by atoms with Crippen LogP contribution < -0.4 is 14.4 Å². The monoisotopic (exact) mass is 456 g/mol. The summed E-state index contributed by atoms with van der Waals surface area (Å²) in [6.07, 6.45) is 1.33. The first-order chi connectivity index (χ1) is 15.9. The zero-order chi connectivity index (χ0) is 23.3. The van der Waals surface area contributed by atoms with Crippen molar-refractivity contribution in [1.82, 2.24) is 4.90 Å². The summed E-state index contributed by atoms with van der Waals surface area (Å²) in [7, 11) is 1.67. The second-order valence-electron chi connectivity index (χ2n) is 9.51. The smallest absolute Gasteiger partial charge is 0.134 e. The molecule has 0 radical (unpaired) electrons. The van der Waals surface area contributed by atoms with E-state index < -0.39 is 11.2 Å². The lowest BCUT2D eigenvalue weighted by atomic mass is 9.90. The molecule has 2 aliphatic rings. The molecule has 2 N–H and O–H groups in total. The molecule has 0 aromatic heterocycles. The van der Waals surface area contributed by atoms with Gasteiger partial charge in [-0.1, -0.05) is 18.2 Å². The molecule has 2 heterocycles. The van der Waals surface area contributed by atoms with Gasteiger partial charge in [-0.05, 0) is 49.6 Å². The summed E-state index contributed by atoms with van der Waals surface area (Å²) in [6.45, 7) is 6.04. The lowest BCUT2D eigenvalue weighted by molar-refractivity contribution is -0.0742. The highest BCUT2D eigenvalue weighted by molar-refractivity contribution is 5.51. The highest BCUT2D eigenvalue weighted by Gasteiger charge is 2.39. The van der Waals surface area contributed by atoms with Crippen molar-refractivity contribution in [3.63, 3.8) is 0 Å². The van der Waals surface area contributed by atoms with Crippen molar-refractivity contribution in [3.8, 4) is 11.5 Å². The number of nitrogens with zero attached hydrogens (tertiary/aromatic N) is 2. The number of hydrogen-bond acceptors (Lipinski definition) is 7. The van der Waals surface area contributed by atoms with Gasteiger partial charge < -0.3 is 29.3 Å². The van der Waals surface area contributed by atoms with Gasteiger partial charge in [-0.15, -0.1) is 0 Å². The minimum atomic E-state index is -1.13. The molecule has 2 saturated heterocycles. The first-order valence-corrected chi connectivity index (χ1v) is 11.7. The maximum Gasteiger partial charge on any atom is 0.134 e. The van der Waals surface area contributed by atoms with Gasteiger partial charge in [0.15, 0.2) is 0 Å². The highest BCUT2D eigenvalue weighted by atomic mass is 16.5. The molecule has 0 unspecified atom stereocenters. The molecule has 1 atom stereocenters. The largest absolute Gasteiger partial charge is 0.497 e. The van der Waals surface area contributed by atoms with Crippen molar-refractivity contribution in [3.05, 3.63) is 54.1 Å². The van der Waals surface area contributed by atoms with E-state index in [-0.39, 0.29) is 13.2 Å². The number of rotatable bonds is 7. The number of aliphatic hydroxyl groups is 2. The quantitative estimate of drug-likeness (QED) is 0.663. The summed E-state index contributed by atoms with van der Waals surface area (Å²) < 4.78 is 16.9. The Morgan fingerprint density at radius 3 is 2.48 bits per heavy atom. The van der Waals surface area contributed by atoms with Gasteiger partial charge in [0.05, 0.1) is 25.9 Å². The van der Waals surface area contributed by atoms with E-state index >= 15 is 0 Å². The summed E-state index contributed by atoms with van der Waals surface area (Å²) >= 11 is 0. The molecule has 2 aromatic rings. The van der Waals surface area contributed by atoms with Gasteiger partial charge in [0.2, 0.25) is 0 Å². The Kier molecular flexibility index (Phi) is 7.44. The molecular formula is C26H36N2O5. The van der Waals surface area contributed by atoms with Crippen molar-refractivity contribution in [1.29, 1.82) is 0 Å². The average molecular weight is 457 g/mol. The number of ether oxygens (including phenoxy) is 3. The van der Waals surface area contributed by atoms with Crippen molar-refractivity contribution >= 4 is 5.69 Å². The minimum Gasteiger partial charge on any atom is -0.497 e. The van der Waals surface area contributed by atoms with E-state index in [9.17, 15) is 10.2 Å². The first-order valence-electron chi connectivity index (χ1n) is 11.7. The second-order valence-corrected chi connectivity index (χ2v) is 9.51. The van der Waals surface area contributed by atoms with Gasteiger partial charge in [-0.3, -0.25) is 4.90 Å². The fourth-order valence-corrected chi connectivity index (χ4v) is 4.70. The van der Waals surface area contributed by atoms with E-state index in [1.54, 1.807) is 7.11 Å². The highest BCUT2D eigenvalue weighted by Crippen LogP contribution is 2.30. The molecule has 180 valence electrons. The fourth-order valence-electron chi connectivity index (χ4n) is 4.70. The molecule has 0 saturated carbocycles. The Hall–Kier alpha value is -2.32. The van der Waals surface area contributed by atoms with Crippen molar-refractivity contribution in [2.75, 3.05) is 64.6 Å². The Morgan fingerprint density at radius 2 is 1.73 bits per heavy atom. The molecule has 7 heteroatoms. The van der Waals surface area contributed by atoms with Crippen LogP contribution in [0.3, 0.4) is 0 Å². The molecule has 33 heavy (non-hydrogen) atoms. The molecule has 0 spiro atoms. The molecule has 7 nitrogen and oxygen atoms in total. The standard InChI is InChI=1S/C26H36N2O5/c1-21-5-3-8-24(15-21)33-20-26(30)18-27(13-14-32-19-26)17-25(29)9-11-28(12-10-25)22-6-4-7-23(16-22)31-2/h3-8,15-16,29-30H,9-14,17-20H2,1-2H3/t26-/m0/s1. The SMILES string of the molecule is COc1cccc(N2CCC(O)(CN3CCOC[C@](O)(COc4cccc(C)c4)C3)CC2)c1. The van der Waals surface area contributed by atoms with E-state index in [0.29, 0.717) is 39.1 Å². The summed E-state index contributed by atoms with van der Waals surface area (Å²) in [4.78, 5) is 4.41. The average Bonchev–Trinajstić information content (AvgIpc) is 2.99. The second kappa shape index (κ2) is 10.3. The Balaban J connectivity index is 1.33. The van der Waals surface area contributed by atoms with Crippen LogP contribution in [0.2, 0.25) is 0 Å². The molecule has 0 amide bonds. The van der Waals surface area contributed by atoms with Crippen LogP contribution in [-0.2, 0) is 4.74 Å². The van der Waals surface area contributed by atoms with Crippen molar-refractivity contribution in [2.24, 2.45) is 0 Å².